The predicted octanol–water partition coefficient (Wildman–Crippen LogP) is 3.10. The fourth-order valence-electron chi connectivity index (χ4n) is 4.75. The van der Waals surface area contributed by atoms with E-state index in [-0.39, 0.29) is 12.0 Å². The number of nitrogens with one attached hydrogen (secondary N) is 1. The third-order valence-electron chi connectivity index (χ3n) is 6.45. The van der Waals surface area contributed by atoms with E-state index in [1.54, 1.807) is 0 Å². The molecule has 1 atom stereocenters. The van der Waals surface area contributed by atoms with Crippen molar-refractivity contribution in [3.05, 3.63) is 36.0 Å². The molecule has 0 bridgehead atoms. The molecule has 2 aromatic rings. The molecule has 6 heteroatoms. The van der Waals surface area contributed by atoms with Crippen molar-refractivity contribution in [2.24, 2.45) is 5.92 Å². The van der Waals surface area contributed by atoms with E-state index in [4.69, 9.17) is 5.11 Å². The normalized spacial score (nSPS) is 21.6. The summed E-state index contributed by atoms with van der Waals surface area (Å²) in [5.41, 5.74) is 2.63. The number of carbonyl (C=O) groups is 1. The molecule has 0 aliphatic carbocycles. The van der Waals surface area contributed by atoms with E-state index >= 15 is 0 Å². The number of likely N-dealkylation sites (tertiary alicyclic amines) is 2. The fraction of sp³-hybridized carbons (Fsp3) is 0.571. The van der Waals surface area contributed by atoms with Gasteiger partial charge >= 0.3 is 6.09 Å². The minimum atomic E-state index is -0.845. The van der Waals surface area contributed by atoms with Crippen LogP contribution in [0.1, 0.15) is 37.2 Å². The Morgan fingerprint density at radius 2 is 1.81 bits per heavy atom. The number of β-amino-alcohol motifs (C(OH)–C–C–N with tert-alkyl or cyclic N) is 1. The lowest BCUT2D eigenvalue weighted by atomic mass is 9.87. The predicted molar refractivity (Wildman–Crippen MR) is 105 cm³/mol. The number of aromatic nitrogens is 1. The van der Waals surface area contributed by atoms with E-state index in [0.717, 1.165) is 38.8 Å². The molecule has 4 rings (SSSR count). The molecule has 1 aromatic heterocycles. The molecule has 2 saturated heterocycles. The first-order valence-corrected chi connectivity index (χ1v) is 10.1. The largest absolute Gasteiger partial charge is 0.465 e. The first-order valence-electron chi connectivity index (χ1n) is 10.1. The van der Waals surface area contributed by atoms with Crippen LogP contribution in [0.5, 0.6) is 0 Å². The van der Waals surface area contributed by atoms with E-state index in [2.05, 4.69) is 40.3 Å². The summed E-state index contributed by atoms with van der Waals surface area (Å²) in [6.07, 6.45) is 4.72. The number of fused-ring (bicyclic) bond motifs is 1. The van der Waals surface area contributed by atoms with E-state index < -0.39 is 6.09 Å². The van der Waals surface area contributed by atoms with Crippen molar-refractivity contribution < 1.29 is 15.0 Å². The molecule has 0 spiro atoms. The number of nitrogens with zero attached hydrogens (tertiary/aromatic N) is 2. The van der Waals surface area contributed by atoms with Gasteiger partial charge in [-0.3, -0.25) is 0 Å². The van der Waals surface area contributed by atoms with Gasteiger partial charge in [0, 0.05) is 36.7 Å². The van der Waals surface area contributed by atoms with Crippen molar-refractivity contribution >= 4 is 17.0 Å². The van der Waals surface area contributed by atoms with Gasteiger partial charge in [0.1, 0.15) is 0 Å². The van der Waals surface area contributed by atoms with Crippen LogP contribution in [0, 0.1) is 5.92 Å². The van der Waals surface area contributed by atoms with E-state index in [9.17, 15) is 9.90 Å². The number of para-hydroxylation sites is 1. The summed E-state index contributed by atoms with van der Waals surface area (Å²) < 4.78 is 0. The molecule has 2 aliphatic rings. The highest BCUT2D eigenvalue weighted by Crippen LogP contribution is 2.33. The van der Waals surface area contributed by atoms with Crippen molar-refractivity contribution in [1.82, 2.24) is 14.8 Å². The Bertz CT molecular complexity index is 774. The molecule has 0 radical (unpaired) electrons. The highest BCUT2D eigenvalue weighted by Gasteiger charge is 2.30. The molecule has 2 aliphatic heterocycles. The molecule has 1 aromatic carbocycles. The zero-order valence-corrected chi connectivity index (χ0v) is 15.7. The summed E-state index contributed by atoms with van der Waals surface area (Å²) in [5.74, 6) is 0.792. The van der Waals surface area contributed by atoms with Crippen LogP contribution >= 0.6 is 0 Å². The van der Waals surface area contributed by atoms with Gasteiger partial charge < -0.3 is 25.0 Å². The smallest absolute Gasteiger partial charge is 0.407 e. The lowest BCUT2D eigenvalue weighted by Crippen LogP contribution is -2.45. The maximum atomic E-state index is 11.0. The standard InChI is InChI=1S/C21H29N3O3/c25-20(16-7-11-24(12-8-16)21(26)27)14-23-9-5-15(6-10-23)18-13-22-19-4-2-1-3-17(18)19/h1-4,13,15-16,20,22,25H,5-12,14H2,(H,26,27). The maximum Gasteiger partial charge on any atom is 0.407 e. The number of aliphatic hydroxyl groups excluding tert-OH is 1. The number of benzene rings is 1. The van der Waals surface area contributed by atoms with E-state index in [1.807, 2.05) is 0 Å². The van der Waals surface area contributed by atoms with Gasteiger partial charge in [-0.25, -0.2) is 4.79 Å². The van der Waals surface area contributed by atoms with Crippen LogP contribution < -0.4 is 0 Å². The van der Waals surface area contributed by atoms with Crippen molar-refractivity contribution in [2.45, 2.75) is 37.7 Å². The SMILES string of the molecule is O=C(O)N1CCC(C(O)CN2CCC(c3c[nH]c4ccccc34)CC2)CC1. The Balaban J connectivity index is 1.28. The minimum Gasteiger partial charge on any atom is -0.465 e. The van der Waals surface area contributed by atoms with Crippen molar-refractivity contribution in [3.63, 3.8) is 0 Å². The summed E-state index contributed by atoms with van der Waals surface area (Å²) in [5, 5.41) is 21.0. The molecular weight excluding hydrogens is 342 g/mol. The molecule has 1 unspecified atom stereocenters. The van der Waals surface area contributed by atoms with Crippen molar-refractivity contribution in [3.8, 4) is 0 Å². The average molecular weight is 371 g/mol. The zero-order valence-electron chi connectivity index (χ0n) is 15.7. The molecule has 146 valence electrons. The maximum absolute atomic E-state index is 11.0. The van der Waals surface area contributed by atoms with Gasteiger partial charge in [-0.15, -0.1) is 0 Å². The van der Waals surface area contributed by atoms with Crippen LogP contribution in [0.15, 0.2) is 30.5 Å². The number of aliphatic hydroxyl groups is 1. The second-order valence-electron chi connectivity index (χ2n) is 8.04. The first kappa shape index (κ1) is 18.3. The van der Waals surface area contributed by atoms with Crippen LogP contribution in [0.2, 0.25) is 0 Å². The number of amides is 1. The molecule has 0 saturated carbocycles. The average Bonchev–Trinajstić information content (AvgIpc) is 3.13. The lowest BCUT2D eigenvalue weighted by molar-refractivity contribution is 0.0266. The number of piperidine rings is 2. The van der Waals surface area contributed by atoms with E-state index in [0.29, 0.717) is 25.6 Å². The molecule has 1 amide bonds. The second kappa shape index (κ2) is 7.90. The monoisotopic (exact) mass is 371 g/mol. The quantitative estimate of drug-likeness (QED) is 0.772. The van der Waals surface area contributed by atoms with Crippen LogP contribution in [-0.4, -0.2) is 69.9 Å². The topological polar surface area (TPSA) is 79.8 Å². The zero-order chi connectivity index (χ0) is 18.8. The van der Waals surface area contributed by atoms with Crippen LogP contribution in [0.3, 0.4) is 0 Å². The highest BCUT2D eigenvalue weighted by molar-refractivity contribution is 5.83. The summed E-state index contributed by atoms with van der Waals surface area (Å²) in [6.45, 7) is 3.81. The van der Waals surface area contributed by atoms with Gasteiger partial charge in [0.05, 0.1) is 6.10 Å². The number of hydrogen-bond donors (Lipinski definition) is 3. The number of carboxylic acid groups (broad SMARTS) is 1. The van der Waals surface area contributed by atoms with Gasteiger partial charge in [-0.05, 0) is 62.2 Å². The third kappa shape index (κ3) is 3.96. The molecule has 27 heavy (non-hydrogen) atoms. The van der Waals surface area contributed by atoms with Crippen LogP contribution in [0.4, 0.5) is 4.79 Å². The minimum absolute atomic E-state index is 0.215. The van der Waals surface area contributed by atoms with Crippen molar-refractivity contribution in [1.29, 1.82) is 0 Å². The lowest BCUT2D eigenvalue weighted by Gasteiger charge is -2.37. The Kier molecular flexibility index (Phi) is 5.36. The van der Waals surface area contributed by atoms with Gasteiger partial charge in [0.25, 0.3) is 0 Å². The number of hydrogen-bond acceptors (Lipinski definition) is 3. The van der Waals surface area contributed by atoms with Crippen LogP contribution in [0.25, 0.3) is 10.9 Å². The summed E-state index contributed by atoms with van der Waals surface area (Å²) in [6, 6.07) is 8.48. The summed E-state index contributed by atoms with van der Waals surface area (Å²) in [7, 11) is 0. The number of rotatable bonds is 4. The Hall–Kier alpha value is -2.05. The third-order valence-corrected chi connectivity index (χ3v) is 6.45. The second-order valence-corrected chi connectivity index (χ2v) is 8.04. The molecule has 3 heterocycles. The van der Waals surface area contributed by atoms with Gasteiger partial charge in [0.15, 0.2) is 0 Å². The Morgan fingerprint density at radius 1 is 1.11 bits per heavy atom. The highest BCUT2D eigenvalue weighted by atomic mass is 16.4. The molecule has 3 N–H and O–H groups in total. The fourth-order valence-corrected chi connectivity index (χ4v) is 4.75. The Labute approximate surface area is 159 Å². The van der Waals surface area contributed by atoms with E-state index in [1.165, 1.54) is 21.4 Å². The van der Waals surface area contributed by atoms with Gasteiger partial charge in [-0.1, -0.05) is 18.2 Å². The van der Waals surface area contributed by atoms with Crippen molar-refractivity contribution in [2.75, 3.05) is 32.7 Å². The first-order chi connectivity index (χ1) is 13.1. The summed E-state index contributed by atoms with van der Waals surface area (Å²) >= 11 is 0. The molecule has 6 nitrogen and oxygen atoms in total. The van der Waals surface area contributed by atoms with Crippen LogP contribution in [-0.2, 0) is 0 Å². The summed E-state index contributed by atoms with van der Waals surface area (Å²) in [4.78, 5) is 18.2. The van der Waals surface area contributed by atoms with Gasteiger partial charge in [-0.2, -0.15) is 0 Å². The molecular formula is C21H29N3O3. The Morgan fingerprint density at radius 3 is 2.52 bits per heavy atom. The molecule has 2 fully saturated rings. The number of H-pyrrole nitrogens is 1. The van der Waals surface area contributed by atoms with Gasteiger partial charge in [0.2, 0.25) is 0 Å². The number of aromatic amines is 1.